The minimum atomic E-state index is -0.514. The predicted molar refractivity (Wildman–Crippen MR) is 119 cm³/mol. The van der Waals surface area contributed by atoms with E-state index in [0.29, 0.717) is 44.8 Å². The molecule has 2 heterocycles. The lowest BCUT2D eigenvalue weighted by Crippen LogP contribution is -2.49. The van der Waals surface area contributed by atoms with Crippen LogP contribution in [-0.2, 0) is 17.8 Å². The molecule has 1 aromatic heterocycles. The van der Waals surface area contributed by atoms with Crippen LogP contribution in [0.2, 0.25) is 0 Å². The largest absolute Gasteiger partial charge is 0.503 e. The van der Waals surface area contributed by atoms with E-state index in [9.17, 15) is 14.7 Å². The van der Waals surface area contributed by atoms with E-state index in [1.807, 2.05) is 45.0 Å². The standard InChI is InChI=1S/C22H28BrN3O4/c1-22(2,3)30-21(29)25-12-10-24(11-13-25)15-17-8-9-26(20(28)19(17)27)14-16-4-6-18(23)7-5-16/h4-9,27H,10-15H2,1-3H3. The van der Waals surface area contributed by atoms with Gasteiger partial charge in [-0.1, -0.05) is 28.1 Å². The van der Waals surface area contributed by atoms with E-state index in [1.54, 1.807) is 17.2 Å². The van der Waals surface area contributed by atoms with E-state index in [-0.39, 0.29) is 11.8 Å². The van der Waals surface area contributed by atoms with Gasteiger partial charge in [0, 0.05) is 49.0 Å². The number of hydrogen-bond donors (Lipinski definition) is 1. The minimum absolute atomic E-state index is 0.218. The number of halogens is 1. The molecule has 1 N–H and O–H groups in total. The second-order valence-electron chi connectivity index (χ2n) is 8.49. The maximum absolute atomic E-state index is 12.6. The Hall–Kier alpha value is -2.32. The van der Waals surface area contributed by atoms with Crippen molar-refractivity contribution in [3.8, 4) is 5.75 Å². The average molecular weight is 478 g/mol. The predicted octanol–water partition coefficient (Wildman–Crippen LogP) is 3.42. The first-order valence-electron chi connectivity index (χ1n) is 9.98. The van der Waals surface area contributed by atoms with Crippen LogP contribution in [0.5, 0.6) is 5.75 Å². The average Bonchev–Trinajstić information content (AvgIpc) is 2.68. The van der Waals surface area contributed by atoms with Gasteiger partial charge in [0.05, 0.1) is 6.54 Å². The summed E-state index contributed by atoms with van der Waals surface area (Å²) in [5.41, 5.74) is 0.659. The van der Waals surface area contributed by atoms with Gasteiger partial charge in [-0.3, -0.25) is 9.69 Å². The Labute approximate surface area is 185 Å². The molecule has 1 saturated heterocycles. The van der Waals surface area contributed by atoms with Crippen molar-refractivity contribution >= 4 is 22.0 Å². The molecule has 1 aromatic carbocycles. The molecule has 162 valence electrons. The summed E-state index contributed by atoms with van der Waals surface area (Å²) < 4.78 is 7.89. The third kappa shape index (κ3) is 5.86. The number of aromatic hydroxyl groups is 1. The summed E-state index contributed by atoms with van der Waals surface area (Å²) in [5, 5.41) is 10.4. The first-order chi connectivity index (χ1) is 14.1. The van der Waals surface area contributed by atoms with Gasteiger partial charge in [0.25, 0.3) is 5.56 Å². The highest BCUT2D eigenvalue weighted by atomic mass is 79.9. The second kappa shape index (κ2) is 9.22. The van der Waals surface area contributed by atoms with Crippen LogP contribution in [0.4, 0.5) is 4.79 Å². The molecule has 7 nitrogen and oxygen atoms in total. The number of carbonyl (C=O) groups excluding carboxylic acids is 1. The molecule has 1 amide bonds. The molecule has 30 heavy (non-hydrogen) atoms. The fourth-order valence-corrected chi connectivity index (χ4v) is 3.56. The van der Waals surface area contributed by atoms with Crippen LogP contribution in [0.25, 0.3) is 0 Å². The molecule has 0 radical (unpaired) electrons. The van der Waals surface area contributed by atoms with Crippen molar-refractivity contribution in [3.05, 3.63) is 62.5 Å². The highest BCUT2D eigenvalue weighted by Crippen LogP contribution is 2.18. The monoisotopic (exact) mass is 477 g/mol. The molecule has 0 saturated carbocycles. The molecule has 1 fully saturated rings. The van der Waals surface area contributed by atoms with Gasteiger partial charge in [0.15, 0.2) is 5.75 Å². The third-order valence-corrected chi connectivity index (χ3v) is 5.44. The van der Waals surface area contributed by atoms with Gasteiger partial charge in [-0.15, -0.1) is 0 Å². The van der Waals surface area contributed by atoms with Crippen molar-refractivity contribution in [1.29, 1.82) is 0 Å². The van der Waals surface area contributed by atoms with E-state index in [1.165, 1.54) is 4.57 Å². The zero-order chi connectivity index (χ0) is 21.9. The zero-order valence-electron chi connectivity index (χ0n) is 17.6. The molecule has 0 bridgehead atoms. The number of pyridine rings is 1. The maximum atomic E-state index is 12.6. The quantitative estimate of drug-likeness (QED) is 0.729. The van der Waals surface area contributed by atoms with Crippen molar-refractivity contribution < 1.29 is 14.6 Å². The Balaban J connectivity index is 1.60. The molecule has 1 aliphatic rings. The van der Waals surface area contributed by atoms with Crippen LogP contribution in [0, 0.1) is 0 Å². The smallest absolute Gasteiger partial charge is 0.410 e. The molecular formula is C22H28BrN3O4. The number of rotatable bonds is 4. The molecule has 0 unspecified atom stereocenters. The van der Waals surface area contributed by atoms with Gasteiger partial charge >= 0.3 is 6.09 Å². The lowest BCUT2D eigenvalue weighted by atomic mass is 10.2. The van der Waals surface area contributed by atoms with Gasteiger partial charge in [-0.25, -0.2) is 4.79 Å². The number of aromatic nitrogens is 1. The Morgan fingerprint density at radius 3 is 2.30 bits per heavy atom. The minimum Gasteiger partial charge on any atom is -0.503 e. The summed E-state index contributed by atoms with van der Waals surface area (Å²) in [6, 6.07) is 9.50. The molecular weight excluding hydrogens is 450 g/mol. The van der Waals surface area contributed by atoms with E-state index < -0.39 is 11.2 Å². The van der Waals surface area contributed by atoms with Gasteiger partial charge in [-0.05, 0) is 44.5 Å². The van der Waals surface area contributed by atoms with Crippen molar-refractivity contribution in [2.24, 2.45) is 0 Å². The van der Waals surface area contributed by atoms with Crippen molar-refractivity contribution in [1.82, 2.24) is 14.4 Å². The third-order valence-electron chi connectivity index (χ3n) is 4.91. The van der Waals surface area contributed by atoms with Crippen LogP contribution in [0.3, 0.4) is 0 Å². The number of amides is 1. The van der Waals surface area contributed by atoms with Crippen molar-refractivity contribution in [2.75, 3.05) is 26.2 Å². The SMILES string of the molecule is CC(C)(C)OC(=O)N1CCN(Cc2ccn(Cc3ccc(Br)cc3)c(=O)c2O)CC1. The van der Waals surface area contributed by atoms with Crippen LogP contribution in [0.1, 0.15) is 31.9 Å². The van der Waals surface area contributed by atoms with Crippen LogP contribution in [0.15, 0.2) is 45.8 Å². The Kier molecular flexibility index (Phi) is 6.88. The van der Waals surface area contributed by atoms with Gasteiger partial charge in [0.2, 0.25) is 0 Å². The summed E-state index contributed by atoms with van der Waals surface area (Å²) in [6.07, 6.45) is 1.41. The Morgan fingerprint density at radius 1 is 1.07 bits per heavy atom. The maximum Gasteiger partial charge on any atom is 0.410 e. The number of piperazine rings is 1. The van der Waals surface area contributed by atoms with Crippen LogP contribution < -0.4 is 5.56 Å². The van der Waals surface area contributed by atoms with Gasteiger partial charge in [-0.2, -0.15) is 0 Å². The fourth-order valence-electron chi connectivity index (χ4n) is 3.29. The molecule has 1 aliphatic heterocycles. The van der Waals surface area contributed by atoms with E-state index in [0.717, 1.165) is 10.0 Å². The number of hydrogen-bond acceptors (Lipinski definition) is 5. The zero-order valence-corrected chi connectivity index (χ0v) is 19.2. The molecule has 0 atom stereocenters. The van der Waals surface area contributed by atoms with Crippen molar-refractivity contribution in [3.63, 3.8) is 0 Å². The highest BCUT2D eigenvalue weighted by molar-refractivity contribution is 9.10. The van der Waals surface area contributed by atoms with Crippen LogP contribution in [-0.4, -0.2) is 57.3 Å². The first-order valence-corrected chi connectivity index (χ1v) is 10.8. The summed E-state index contributed by atoms with van der Waals surface area (Å²) in [6.45, 7) is 8.82. The number of nitrogens with zero attached hydrogens (tertiary/aromatic N) is 3. The molecule has 0 aliphatic carbocycles. The Bertz CT molecular complexity index is 942. The molecule has 2 aromatic rings. The summed E-state index contributed by atoms with van der Waals surface area (Å²) in [5.74, 6) is -0.218. The number of carbonyl (C=O) groups is 1. The summed E-state index contributed by atoms with van der Waals surface area (Å²) in [7, 11) is 0. The van der Waals surface area contributed by atoms with Crippen LogP contribution >= 0.6 is 15.9 Å². The van der Waals surface area contributed by atoms with Crippen molar-refractivity contribution in [2.45, 2.75) is 39.5 Å². The topological polar surface area (TPSA) is 75.0 Å². The Morgan fingerprint density at radius 2 is 1.70 bits per heavy atom. The second-order valence-corrected chi connectivity index (χ2v) is 9.41. The number of benzene rings is 1. The molecule has 8 heteroatoms. The van der Waals surface area contributed by atoms with Gasteiger partial charge in [0.1, 0.15) is 5.60 Å². The molecule has 0 spiro atoms. The first kappa shape index (κ1) is 22.4. The van der Waals surface area contributed by atoms with E-state index in [2.05, 4.69) is 20.8 Å². The van der Waals surface area contributed by atoms with E-state index in [4.69, 9.17) is 4.74 Å². The van der Waals surface area contributed by atoms with Gasteiger partial charge < -0.3 is 19.3 Å². The lowest BCUT2D eigenvalue weighted by molar-refractivity contribution is 0.0138. The van der Waals surface area contributed by atoms with E-state index >= 15 is 0 Å². The highest BCUT2D eigenvalue weighted by Gasteiger charge is 2.26. The normalized spacial score (nSPS) is 15.3. The summed E-state index contributed by atoms with van der Waals surface area (Å²) >= 11 is 3.40. The number of ether oxygens (including phenoxy) is 1. The molecule has 3 rings (SSSR count). The summed E-state index contributed by atoms with van der Waals surface area (Å²) in [4.78, 5) is 28.6. The lowest BCUT2D eigenvalue weighted by Gasteiger charge is -2.35. The fraction of sp³-hybridized carbons (Fsp3) is 0.455.